The van der Waals surface area contributed by atoms with Gasteiger partial charge in [0.15, 0.2) is 0 Å². The molecule has 0 radical (unpaired) electrons. The Balaban J connectivity index is 1.93. The second-order valence-electron chi connectivity index (χ2n) is 4.58. The van der Waals surface area contributed by atoms with E-state index in [2.05, 4.69) is 57.4 Å². The Morgan fingerprint density at radius 1 is 0.789 bits per heavy atom. The molecule has 1 aliphatic heterocycles. The zero-order chi connectivity index (χ0) is 12.7. The Morgan fingerprint density at radius 3 is 2.58 bits per heavy atom. The second-order valence-corrected chi connectivity index (χ2v) is 4.58. The minimum absolute atomic E-state index is 0.526. The van der Waals surface area contributed by atoms with Crippen molar-refractivity contribution >= 4 is 10.8 Å². The molecule has 0 unspecified atom stereocenters. The number of pyridine rings is 1. The molecule has 0 atom stereocenters. The van der Waals surface area contributed by atoms with E-state index in [4.69, 9.17) is 0 Å². The van der Waals surface area contributed by atoms with Gasteiger partial charge in [-0.2, -0.15) is 0 Å². The zero-order valence-electron chi connectivity index (χ0n) is 10.2. The van der Waals surface area contributed by atoms with E-state index in [1.165, 1.54) is 10.8 Å². The third-order valence-corrected chi connectivity index (χ3v) is 3.39. The lowest BCUT2D eigenvalue weighted by molar-refractivity contribution is 1.06. The third kappa shape index (κ3) is 1.71. The highest BCUT2D eigenvalue weighted by molar-refractivity contribution is 5.86. The number of hydrogen-bond donors (Lipinski definition) is 0. The number of fused-ring (bicyclic) bond motifs is 2. The van der Waals surface area contributed by atoms with Crippen molar-refractivity contribution in [3.63, 3.8) is 0 Å². The summed E-state index contributed by atoms with van der Waals surface area (Å²) >= 11 is 0. The summed E-state index contributed by atoms with van der Waals surface area (Å²) in [5, 5.41) is 4.30. The van der Waals surface area contributed by atoms with E-state index >= 15 is 0 Å². The number of rotatable bonds is 1. The lowest BCUT2D eigenvalue weighted by Gasteiger charge is -2.02. The second kappa shape index (κ2) is 3.99. The Bertz CT molecular complexity index is 897. The highest BCUT2D eigenvalue weighted by atomic mass is 15.0. The van der Waals surface area contributed by atoms with Gasteiger partial charge in [0.25, 0.3) is 0 Å². The summed E-state index contributed by atoms with van der Waals surface area (Å²) in [7, 11) is 0. The highest BCUT2D eigenvalue weighted by Gasteiger charge is 2.03. The standard InChI is InChI=1S/C16H11N3/c1-2-4-12-7-13(6-5-11(12)3-1)14-8-15-16(9-17-14)19-10-18-15/h1-9H,10H2. The number of aromatic nitrogens is 1. The predicted molar refractivity (Wildman–Crippen MR) is 74.4 cm³/mol. The maximum absolute atomic E-state index is 4.47. The van der Waals surface area contributed by atoms with Gasteiger partial charge in [-0.15, -0.1) is 0 Å². The largest absolute Gasteiger partial charge is 0.260 e. The molecule has 2 aromatic carbocycles. The molecular formula is C16H11N3. The van der Waals surface area contributed by atoms with Crippen LogP contribution in [0.5, 0.6) is 0 Å². The fourth-order valence-corrected chi connectivity index (χ4v) is 2.38. The van der Waals surface area contributed by atoms with E-state index in [9.17, 15) is 0 Å². The Hall–Kier alpha value is -2.55. The van der Waals surface area contributed by atoms with Gasteiger partial charge in [0.05, 0.1) is 17.2 Å². The Morgan fingerprint density at radius 2 is 1.63 bits per heavy atom. The molecule has 3 nitrogen and oxygen atoms in total. The first kappa shape index (κ1) is 10.4. The molecule has 1 aromatic heterocycles. The molecule has 3 heteroatoms. The Labute approximate surface area is 110 Å². The van der Waals surface area contributed by atoms with Gasteiger partial charge in [0.1, 0.15) is 12.0 Å². The molecule has 0 saturated heterocycles. The van der Waals surface area contributed by atoms with Gasteiger partial charge in [-0.05, 0) is 22.9 Å². The molecule has 0 amide bonds. The minimum atomic E-state index is 0.526. The maximum Gasteiger partial charge on any atom is 0.131 e. The lowest BCUT2D eigenvalue weighted by Crippen LogP contribution is -2.22. The average molecular weight is 245 g/mol. The molecule has 0 fully saturated rings. The summed E-state index contributed by atoms with van der Waals surface area (Å²) in [5.41, 5.74) is 2.06. The van der Waals surface area contributed by atoms with Gasteiger partial charge in [-0.3, -0.25) is 15.0 Å². The quantitative estimate of drug-likeness (QED) is 0.647. The van der Waals surface area contributed by atoms with Gasteiger partial charge < -0.3 is 0 Å². The normalized spacial score (nSPS) is 12.8. The molecule has 4 rings (SSSR count). The molecule has 0 bridgehead atoms. The summed E-state index contributed by atoms with van der Waals surface area (Å²) in [6, 6.07) is 16.7. The predicted octanol–water partition coefficient (Wildman–Crippen LogP) is 2.11. The van der Waals surface area contributed by atoms with Gasteiger partial charge in [-0.1, -0.05) is 36.4 Å². The van der Waals surface area contributed by atoms with Crippen LogP contribution in [0.25, 0.3) is 22.0 Å². The van der Waals surface area contributed by atoms with Crippen LogP contribution in [0.4, 0.5) is 0 Å². The van der Waals surface area contributed by atoms with Crippen LogP contribution >= 0.6 is 0 Å². The van der Waals surface area contributed by atoms with Crippen LogP contribution in [0.1, 0.15) is 0 Å². The van der Waals surface area contributed by atoms with Crippen LogP contribution in [0.3, 0.4) is 0 Å². The van der Waals surface area contributed by atoms with E-state index in [1.54, 1.807) is 6.20 Å². The fourth-order valence-electron chi connectivity index (χ4n) is 2.38. The maximum atomic E-state index is 4.47. The van der Waals surface area contributed by atoms with Gasteiger partial charge in [0.2, 0.25) is 0 Å². The van der Waals surface area contributed by atoms with Gasteiger partial charge >= 0.3 is 0 Å². The molecule has 2 heterocycles. The molecule has 0 saturated carbocycles. The number of nitrogens with zero attached hydrogens (tertiary/aromatic N) is 3. The molecule has 0 spiro atoms. The molecule has 1 aliphatic rings. The van der Waals surface area contributed by atoms with E-state index in [0.717, 1.165) is 22.0 Å². The molecular weight excluding hydrogens is 234 g/mol. The summed E-state index contributed by atoms with van der Waals surface area (Å²) in [4.78, 5) is 13.1. The monoisotopic (exact) mass is 245 g/mol. The molecule has 19 heavy (non-hydrogen) atoms. The van der Waals surface area contributed by atoms with Crippen molar-refractivity contribution in [3.8, 4) is 11.3 Å². The summed E-state index contributed by atoms with van der Waals surface area (Å²) in [6.45, 7) is 0.526. The Kier molecular flexibility index (Phi) is 2.18. The van der Waals surface area contributed by atoms with Crippen molar-refractivity contribution in [2.45, 2.75) is 0 Å². The first-order valence-corrected chi connectivity index (χ1v) is 6.24. The molecule has 0 N–H and O–H groups in total. The number of hydrogen-bond acceptors (Lipinski definition) is 3. The van der Waals surface area contributed by atoms with Crippen molar-refractivity contribution in [3.05, 3.63) is 65.4 Å². The van der Waals surface area contributed by atoms with Crippen LogP contribution in [0.15, 0.2) is 64.7 Å². The van der Waals surface area contributed by atoms with Crippen LogP contribution < -0.4 is 10.7 Å². The molecule has 90 valence electrons. The van der Waals surface area contributed by atoms with E-state index < -0.39 is 0 Å². The van der Waals surface area contributed by atoms with Gasteiger partial charge in [-0.25, -0.2) is 0 Å². The first-order chi connectivity index (χ1) is 9.40. The van der Waals surface area contributed by atoms with Crippen LogP contribution in [-0.4, -0.2) is 11.7 Å². The number of benzene rings is 2. The fraction of sp³-hybridized carbons (Fsp3) is 0.0625. The summed E-state index contributed by atoms with van der Waals surface area (Å²) in [6.07, 6.45) is 1.80. The SMILES string of the molecule is c1ccc2cc(-c3cc4c(cn3)=NCN=4)ccc2c1. The van der Waals surface area contributed by atoms with Crippen LogP contribution in [0.2, 0.25) is 0 Å². The van der Waals surface area contributed by atoms with Crippen molar-refractivity contribution < 1.29 is 0 Å². The lowest BCUT2D eigenvalue weighted by atomic mass is 10.0. The van der Waals surface area contributed by atoms with Crippen LogP contribution in [-0.2, 0) is 0 Å². The third-order valence-electron chi connectivity index (χ3n) is 3.39. The van der Waals surface area contributed by atoms with E-state index in [0.29, 0.717) is 6.67 Å². The van der Waals surface area contributed by atoms with Crippen LogP contribution in [0, 0.1) is 0 Å². The van der Waals surface area contributed by atoms with E-state index in [1.807, 2.05) is 6.07 Å². The minimum Gasteiger partial charge on any atom is -0.260 e. The molecule has 3 aromatic rings. The van der Waals surface area contributed by atoms with E-state index in [-0.39, 0.29) is 0 Å². The van der Waals surface area contributed by atoms with Crippen molar-refractivity contribution in [1.82, 2.24) is 4.98 Å². The average Bonchev–Trinajstić information content (AvgIpc) is 2.94. The van der Waals surface area contributed by atoms with Gasteiger partial charge in [0, 0.05) is 5.56 Å². The van der Waals surface area contributed by atoms with Crippen molar-refractivity contribution in [2.75, 3.05) is 6.67 Å². The zero-order valence-corrected chi connectivity index (χ0v) is 10.2. The smallest absolute Gasteiger partial charge is 0.131 e. The first-order valence-electron chi connectivity index (χ1n) is 6.24. The highest BCUT2D eigenvalue weighted by Crippen LogP contribution is 2.21. The van der Waals surface area contributed by atoms with Crippen molar-refractivity contribution in [1.29, 1.82) is 0 Å². The summed E-state index contributed by atoms with van der Waals surface area (Å²) in [5.74, 6) is 0. The summed E-state index contributed by atoms with van der Waals surface area (Å²) < 4.78 is 0. The van der Waals surface area contributed by atoms with Crippen molar-refractivity contribution in [2.24, 2.45) is 9.98 Å². The topological polar surface area (TPSA) is 37.6 Å². The molecule has 0 aliphatic carbocycles.